The standard InChI is InChI=1S/C19H23N3O3.2ClH/c1-13-2-5-16(6-3-13)25-17-7-4-15(12-21-17)22-19(23)18(20)14-8-10-24-11-9-14;;/h2-7,12,14,18H,8-11,20H2,1H3,(H,22,23);2*1H. The van der Waals surface area contributed by atoms with E-state index < -0.39 is 6.04 Å². The first kappa shape index (κ1) is 23.2. The minimum atomic E-state index is -0.535. The molecule has 1 aromatic heterocycles. The van der Waals surface area contributed by atoms with E-state index in [0.29, 0.717) is 24.8 Å². The Labute approximate surface area is 171 Å². The predicted molar refractivity (Wildman–Crippen MR) is 110 cm³/mol. The van der Waals surface area contributed by atoms with Crippen LogP contribution in [0.2, 0.25) is 0 Å². The van der Waals surface area contributed by atoms with Crippen molar-refractivity contribution in [2.45, 2.75) is 25.8 Å². The van der Waals surface area contributed by atoms with Crippen LogP contribution in [0.1, 0.15) is 18.4 Å². The van der Waals surface area contributed by atoms with E-state index in [0.717, 1.165) is 18.6 Å². The van der Waals surface area contributed by atoms with Crippen molar-refractivity contribution in [3.05, 3.63) is 48.2 Å². The lowest BCUT2D eigenvalue weighted by atomic mass is 9.92. The molecular formula is C19H25Cl2N3O3. The molecule has 1 atom stereocenters. The van der Waals surface area contributed by atoms with Gasteiger partial charge in [-0.15, -0.1) is 24.8 Å². The molecule has 2 heterocycles. The van der Waals surface area contributed by atoms with Crippen LogP contribution in [0, 0.1) is 12.8 Å². The summed E-state index contributed by atoms with van der Waals surface area (Å²) in [6.07, 6.45) is 3.20. The zero-order valence-electron chi connectivity index (χ0n) is 15.1. The van der Waals surface area contributed by atoms with Crippen molar-refractivity contribution in [2.24, 2.45) is 11.7 Å². The number of halogens is 2. The number of aromatic nitrogens is 1. The Hall–Kier alpha value is -1.86. The molecule has 148 valence electrons. The molecule has 1 amide bonds. The maximum Gasteiger partial charge on any atom is 0.241 e. The Kier molecular flexibility index (Phi) is 9.52. The van der Waals surface area contributed by atoms with Gasteiger partial charge in [-0.1, -0.05) is 17.7 Å². The summed E-state index contributed by atoms with van der Waals surface area (Å²) in [6.45, 7) is 3.35. The number of nitrogens with two attached hydrogens (primary N) is 1. The van der Waals surface area contributed by atoms with E-state index in [2.05, 4.69) is 10.3 Å². The average Bonchev–Trinajstić information content (AvgIpc) is 2.65. The number of rotatable bonds is 5. The summed E-state index contributed by atoms with van der Waals surface area (Å²) in [6, 6.07) is 10.7. The summed E-state index contributed by atoms with van der Waals surface area (Å²) in [5, 5.41) is 2.81. The maximum absolute atomic E-state index is 12.3. The lowest BCUT2D eigenvalue weighted by Gasteiger charge is -2.26. The number of nitrogens with one attached hydrogen (secondary N) is 1. The minimum Gasteiger partial charge on any atom is -0.439 e. The van der Waals surface area contributed by atoms with Crippen LogP contribution < -0.4 is 15.8 Å². The van der Waals surface area contributed by atoms with E-state index in [1.54, 1.807) is 18.3 Å². The number of aryl methyl sites for hydroxylation is 1. The van der Waals surface area contributed by atoms with E-state index in [-0.39, 0.29) is 36.6 Å². The highest BCUT2D eigenvalue weighted by molar-refractivity contribution is 5.94. The van der Waals surface area contributed by atoms with Crippen LogP contribution in [0.25, 0.3) is 0 Å². The first-order valence-electron chi connectivity index (χ1n) is 8.46. The van der Waals surface area contributed by atoms with Gasteiger partial charge in [0.05, 0.1) is 17.9 Å². The predicted octanol–water partition coefficient (Wildman–Crippen LogP) is 3.72. The number of hydrogen-bond acceptors (Lipinski definition) is 5. The zero-order valence-corrected chi connectivity index (χ0v) is 16.7. The van der Waals surface area contributed by atoms with Gasteiger partial charge in [-0.05, 0) is 43.9 Å². The number of ether oxygens (including phenoxy) is 2. The van der Waals surface area contributed by atoms with Gasteiger partial charge in [0.25, 0.3) is 0 Å². The molecule has 1 unspecified atom stereocenters. The van der Waals surface area contributed by atoms with Gasteiger partial charge < -0.3 is 20.5 Å². The highest BCUT2D eigenvalue weighted by Crippen LogP contribution is 2.22. The van der Waals surface area contributed by atoms with Gasteiger partial charge in [-0.2, -0.15) is 0 Å². The van der Waals surface area contributed by atoms with E-state index in [4.69, 9.17) is 15.2 Å². The normalized spacial score (nSPS) is 15.0. The number of carbonyl (C=O) groups is 1. The van der Waals surface area contributed by atoms with E-state index in [1.807, 2.05) is 31.2 Å². The number of nitrogens with zero attached hydrogens (tertiary/aromatic N) is 1. The number of hydrogen-bond donors (Lipinski definition) is 2. The topological polar surface area (TPSA) is 86.5 Å². The number of amides is 1. The van der Waals surface area contributed by atoms with Crippen LogP contribution >= 0.6 is 24.8 Å². The van der Waals surface area contributed by atoms with Crippen LogP contribution in [-0.2, 0) is 9.53 Å². The molecule has 6 nitrogen and oxygen atoms in total. The third-order valence-corrected chi connectivity index (χ3v) is 4.32. The second-order valence-electron chi connectivity index (χ2n) is 6.27. The van der Waals surface area contributed by atoms with Crippen LogP contribution in [0.4, 0.5) is 5.69 Å². The largest absolute Gasteiger partial charge is 0.439 e. The summed E-state index contributed by atoms with van der Waals surface area (Å²) in [5.74, 6) is 1.15. The van der Waals surface area contributed by atoms with Crippen LogP contribution in [0.15, 0.2) is 42.6 Å². The summed E-state index contributed by atoms with van der Waals surface area (Å²) in [4.78, 5) is 16.5. The smallest absolute Gasteiger partial charge is 0.241 e. The maximum atomic E-state index is 12.3. The highest BCUT2D eigenvalue weighted by Gasteiger charge is 2.26. The number of carbonyl (C=O) groups excluding carboxylic acids is 1. The molecule has 1 fully saturated rings. The van der Waals surface area contributed by atoms with Crippen molar-refractivity contribution in [3.63, 3.8) is 0 Å². The molecule has 1 aliphatic heterocycles. The van der Waals surface area contributed by atoms with E-state index >= 15 is 0 Å². The lowest BCUT2D eigenvalue weighted by molar-refractivity contribution is -0.119. The second kappa shape index (κ2) is 11.1. The summed E-state index contributed by atoms with van der Waals surface area (Å²) < 4.78 is 11.0. The van der Waals surface area contributed by atoms with Crippen molar-refractivity contribution >= 4 is 36.4 Å². The lowest BCUT2D eigenvalue weighted by Crippen LogP contribution is -2.44. The molecule has 0 saturated carbocycles. The Morgan fingerprint density at radius 1 is 1.19 bits per heavy atom. The molecular weight excluding hydrogens is 389 g/mol. The molecule has 27 heavy (non-hydrogen) atoms. The fourth-order valence-corrected chi connectivity index (χ4v) is 2.76. The molecule has 3 rings (SSSR count). The van der Waals surface area contributed by atoms with Crippen molar-refractivity contribution in [3.8, 4) is 11.6 Å². The van der Waals surface area contributed by atoms with Crippen molar-refractivity contribution in [1.82, 2.24) is 4.98 Å². The molecule has 1 aromatic carbocycles. The molecule has 0 aliphatic carbocycles. The molecule has 8 heteroatoms. The highest BCUT2D eigenvalue weighted by atomic mass is 35.5. The Morgan fingerprint density at radius 2 is 1.85 bits per heavy atom. The molecule has 0 radical (unpaired) electrons. The van der Waals surface area contributed by atoms with E-state index in [1.165, 1.54) is 5.56 Å². The fraction of sp³-hybridized carbons (Fsp3) is 0.368. The van der Waals surface area contributed by atoms with Gasteiger partial charge in [0.2, 0.25) is 11.8 Å². The number of pyridine rings is 1. The third-order valence-electron chi connectivity index (χ3n) is 4.32. The van der Waals surface area contributed by atoms with Crippen molar-refractivity contribution < 1.29 is 14.3 Å². The van der Waals surface area contributed by atoms with Crippen LogP contribution in [-0.4, -0.2) is 30.1 Å². The molecule has 2 aromatic rings. The van der Waals surface area contributed by atoms with Gasteiger partial charge >= 0.3 is 0 Å². The van der Waals surface area contributed by atoms with Gasteiger partial charge in [-0.3, -0.25) is 4.79 Å². The van der Waals surface area contributed by atoms with Gasteiger partial charge in [0.1, 0.15) is 5.75 Å². The molecule has 0 bridgehead atoms. The van der Waals surface area contributed by atoms with Gasteiger partial charge in [0.15, 0.2) is 0 Å². The molecule has 1 saturated heterocycles. The fourth-order valence-electron chi connectivity index (χ4n) is 2.76. The zero-order chi connectivity index (χ0) is 17.6. The second-order valence-corrected chi connectivity index (χ2v) is 6.27. The quantitative estimate of drug-likeness (QED) is 0.779. The Bertz CT molecular complexity index is 705. The monoisotopic (exact) mass is 413 g/mol. The summed E-state index contributed by atoms with van der Waals surface area (Å²) >= 11 is 0. The average molecular weight is 414 g/mol. The molecule has 0 spiro atoms. The molecule has 1 aliphatic rings. The first-order chi connectivity index (χ1) is 12.1. The van der Waals surface area contributed by atoms with Crippen LogP contribution in [0.5, 0.6) is 11.6 Å². The van der Waals surface area contributed by atoms with Crippen LogP contribution in [0.3, 0.4) is 0 Å². The van der Waals surface area contributed by atoms with Gasteiger partial charge in [0, 0.05) is 19.3 Å². The number of benzene rings is 1. The minimum absolute atomic E-state index is 0. The summed E-state index contributed by atoms with van der Waals surface area (Å²) in [7, 11) is 0. The number of anilines is 1. The molecule has 3 N–H and O–H groups in total. The van der Waals surface area contributed by atoms with Crippen molar-refractivity contribution in [1.29, 1.82) is 0 Å². The third kappa shape index (κ3) is 6.66. The van der Waals surface area contributed by atoms with E-state index in [9.17, 15) is 4.79 Å². The Morgan fingerprint density at radius 3 is 2.44 bits per heavy atom. The van der Waals surface area contributed by atoms with Crippen molar-refractivity contribution in [2.75, 3.05) is 18.5 Å². The SMILES string of the molecule is Cc1ccc(Oc2ccc(NC(=O)C(N)C3CCOCC3)cn2)cc1.Cl.Cl. The first-order valence-corrected chi connectivity index (χ1v) is 8.46. The van der Waals surface area contributed by atoms with Gasteiger partial charge in [-0.25, -0.2) is 4.98 Å². The summed E-state index contributed by atoms with van der Waals surface area (Å²) in [5.41, 5.74) is 7.84. The Balaban J connectivity index is 0.00000182.